The number of thiazole rings is 1. The quantitative estimate of drug-likeness (QED) is 0.594. The zero-order valence-electron chi connectivity index (χ0n) is 17.0. The Balaban J connectivity index is 1.35. The fourth-order valence-corrected chi connectivity index (χ4v) is 4.70. The number of hydrogen-bond acceptors (Lipinski definition) is 7. The molecule has 0 bridgehead atoms. The third-order valence-corrected chi connectivity index (χ3v) is 6.84. The number of carbonyl (C=O) groups excluding carboxylic acids is 2. The van der Waals surface area contributed by atoms with E-state index in [0.29, 0.717) is 43.7 Å². The molecule has 2 amide bonds. The molecule has 1 aromatic carbocycles. The lowest BCUT2D eigenvalue weighted by molar-refractivity contribution is -0.144. The molecule has 5 rings (SSSR count). The van der Waals surface area contributed by atoms with Crippen LogP contribution in [0.15, 0.2) is 29.9 Å². The summed E-state index contributed by atoms with van der Waals surface area (Å²) in [6, 6.07) is 5.99. The minimum absolute atomic E-state index is 0.339. The molecule has 1 aliphatic heterocycles. The van der Waals surface area contributed by atoms with Crippen molar-refractivity contribution in [1.29, 1.82) is 0 Å². The number of amides is 2. The monoisotopic (exact) mass is 437 g/mol. The van der Waals surface area contributed by atoms with E-state index in [1.165, 1.54) is 12.6 Å². The largest absolute Gasteiger partial charge is 0.383 e. The highest BCUT2D eigenvalue weighted by atomic mass is 32.1. The van der Waals surface area contributed by atoms with E-state index in [-0.39, 0.29) is 0 Å². The van der Waals surface area contributed by atoms with Crippen molar-refractivity contribution < 1.29 is 14.3 Å². The number of nitrogens with two attached hydrogens (primary N) is 1. The molecule has 31 heavy (non-hydrogen) atoms. The van der Waals surface area contributed by atoms with Crippen LogP contribution in [-0.4, -0.2) is 33.2 Å². The predicted molar refractivity (Wildman–Crippen MR) is 118 cm³/mol. The number of aromatic nitrogens is 2. The van der Waals surface area contributed by atoms with E-state index in [2.05, 4.69) is 15.3 Å². The Morgan fingerprint density at radius 2 is 2.06 bits per heavy atom. The van der Waals surface area contributed by atoms with E-state index in [1.807, 2.05) is 23.7 Å². The Labute approximate surface area is 183 Å². The van der Waals surface area contributed by atoms with E-state index < -0.39 is 11.8 Å². The van der Waals surface area contributed by atoms with Gasteiger partial charge >= 0.3 is 11.8 Å². The molecule has 2 aliphatic rings. The van der Waals surface area contributed by atoms with Gasteiger partial charge in [-0.3, -0.25) is 9.59 Å². The number of nitrogens with zero attached hydrogens (tertiary/aromatic N) is 3. The first-order valence-electron chi connectivity index (χ1n) is 10.3. The van der Waals surface area contributed by atoms with Gasteiger partial charge in [-0.2, -0.15) is 0 Å². The Morgan fingerprint density at radius 1 is 1.23 bits per heavy atom. The van der Waals surface area contributed by atoms with Crippen molar-refractivity contribution in [3.63, 3.8) is 0 Å². The summed E-state index contributed by atoms with van der Waals surface area (Å²) in [5, 5.41) is 2.73. The number of ether oxygens (including phenoxy) is 1. The minimum Gasteiger partial charge on any atom is -0.383 e. The normalized spacial score (nSPS) is 15.5. The lowest BCUT2D eigenvalue weighted by Gasteiger charge is -2.32. The second kappa shape index (κ2) is 8.24. The van der Waals surface area contributed by atoms with Crippen LogP contribution in [0.25, 0.3) is 10.2 Å². The van der Waals surface area contributed by atoms with E-state index in [4.69, 9.17) is 10.5 Å². The van der Waals surface area contributed by atoms with E-state index in [0.717, 1.165) is 39.7 Å². The van der Waals surface area contributed by atoms with Gasteiger partial charge in [0.05, 0.1) is 40.8 Å². The molecule has 3 aromatic rings. The SMILES string of the molecule is Nc1ncc(NC(=O)C(=O)N(Cc2ccc3scnc3c2)CC2CCC2)c2c1COC2. The van der Waals surface area contributed by atoms with Crippen molar-refractivity contribution in [3.05, 3.63) is 46.6 Å². The van der Waals surface area contributed by atoms with Gasteiger partial charge in [-0.15, -0.1) is 11.3 Å². The molecule has 3 N–H and O–H groups in total. The van der Waals surface area contributed by atoms with Crippen LogP contribution < -0.4 is 11.1 Å². The fraction of sp³-hybridized carbons (Fsp3) is 0.364. The minimum atomic E-state index is -0.672. The second-order valence-electron chi connectivity index (χ2n) is 8.10. The summed E-state index contributed by atoms with van der Waals surface area (Å²) in [6.45, 7) is 1.64. The van der Waals surface area contributed by atoms with Gasteiger partial charge in [0.25, 0.3) is 0 Å². The third-order valence-electron chi connectivity index (χ3n) is 6.03. The number of rotatable bonds is 5. The highest BCUT2D eigenvalue weighted by molar-refractivity contribution is 7.16. The number of hydrogen-bond donors (Lipinski definition) is 2. The smallest absolute Gasteiger partial charge is 0.313 e. The van der Waals surface area contributed by atoms with Crippen LogP contribution in [0, 0.1) is 5.92 Å². The van der Waals surface area contributed by atoms with Crippen molar-refractivity contribution in [2.75, 3.05) is 17.6 Å². The van der Waals surface area contributed by atoms with E-state index >= 15 is 0 Å². The highest BCUT2D eigenvalue weighted by Gasteiger charge is 2.29. The van der Waals surface area contributed by atoms with Crippen molar-refractivity contribution in [2.24, 2.45) is 5.92 Å². The Bertz CT molecular complexity index is 1160. The average molecular weight is 438 g/mol. The highest BCUT2D eigenvalue weighted by Crippen LogP contribution is 2.31. The van der Waals surface area contributed by atoms with Crippen LogP contribution in [0.1, 0.15) is 36.0 Å². The van der Waals surface area contributed by atoms with Crippen molar-refractivity contribution in [1.82, 2.24) is 14.9 Å². The number of nitrogens with one attached hydrogen (secondary N) is 1. The summed E-state index contributed by atoms with van der Waals surface area (Å²) in [5.41, 5.74) is 11.6. The molecule has 1 aliphatic carbocycles. The molecule has 1 fully saturated rings. The molecular formula is C22H23N5O3S. The van der Waals surface area contributed by atoms with Gasteiger partial charge in [0, 0.05) is 24.2 Å². The van der Waals surface area contributed by atoms with Gasteiger partial charge in [0.2, 0.25) is 0 Å². The summed E-state index contributed by atoms with van der Waals surface area (Å²) in [5.74, 6) is -0.388. The maximum atomic E-state index is 13.1. The van der Waals surface area contributed by atoms with Crippen LogP contribution in [0.2, 0.25) is 0 Å². The Hall–Kier alpha value is -3.04. The van der Waals surface area contributed by atoms with Gasteiger partial charge in [0.15, 0.2) is 0 Å². The molecule has 0 atom stereocenters. The van der Waals surface area contributed by atoms with Gasteiger partial charge in [-0.05, 0) is 36.5 Å². The standard InChI is InChI=1S/C22H23N5O3S/c23-20-16-11-30-10-15(16)18(7-24-20)26-21(28)22(29)27(8-13-2-1-3-13)9-14-4-5-19-17(6-14)25-12-31-19/h4-7,12-13H,1-3,8-11H2,(H2,23,24)(H,26,28). The first-order valence-corrected chi connectivity index (χ1v) is 11.2. The van der Waals surface area contributed by atoms with Crippen LogP contribution in [0.5, 0.6) is 0 Å². The van der Waals surface area contributed by atoms with Crippen LogP contribution in [0.4, 0.5) is 11.5 Å². The summed E-state index contributed by atoms with van der Waals surface area (Å²) >= 11 is 1.58. The molecule has 160 valence electrons. The van der Waals surface area contributed by atoms with Crippen LogP contribution in [-0.2, 0) is 34.1 Å². The van der Waals surface area contributed by atoms with Gasteiger partial charge < -0.3 is 20.7 Å². The summed E-state index contributed by atoms with van der Waals surface area (Å²) in [6.07, 6.45) is 4.83. The summed E-state index contributed by atoms with van der Waals surface area (Å²) in [4.78, 5) is 36.1. The molecule has 0 spiro atoms. The maximum Gasteiger partial charge on any atom is 0.313 e. The predicted octanol–water partition coefficient (Wildman–Crippen LogP) is 3.07. The van der Waals surface area contributed by atoms with Crippen molar-refractivity contribution in [3.8, 4) is 0 Å². The summed E-state index contributed by atoms with van der Waals surface area (Å²) in [7, 11) is 0. The lowest BCUT2D eigenvalue weighted by atomic mass is 9.85. The number of nitrogen functional groups attached to an aromatic ring is 1. The van der Waals surface area contributed by atoms with Crippen molar-refractivity contribution in [2.45, 2.75) is 39.0 Å². The second-order valence-corrected chi connectivity index (χ2v) is 8.98. The van der Waals surface area contributed by atoms with E-state index in [9.17, 15) is 9.59 Å². The molecule has 2 aromatic heterocycles. The zero-order valence-corrected chi connectivity index (χ0v) is 17.8. The molecular weight excluding hydrogens is 414 g/mol. The molecule has 8 nitrogen and oxygen atoms in total. The topological polar surface area (TPSA) is 110 Å². The molecule has 3 heterocycles. The first-order chi connectivity index (χ1) is 15.1. The number of benzene rings is 1. The van der Waals surface area contributed by atoms with E-state index in [1.54, 1.807) is 16.2 Å². The number of fused-ring (bicyclic) bond motifs is 2. The Kier molecular flexibility index (Phi) is 5.29. The number of anilines is 2. The number of carbonyl (C=O) groups is 2. The molecule has 0 saturated heterocycles. The van der Waals surface area contributed by atoms with Gasteiger partial charge in [-0.1, -0.05) is 12.5 Å². The maximum absolute atomic E-state index is 13.1. The average Bonchev–Trinajstić information content (AvgIpc) is 3.40. The lowest BCUT2D eigenvalue weighted by Crippen LogP contribution is -2.43. The van der Waals surface area contributed by atoms with Crippen molar-refractivity contribution >= 4 is 44.9 Å². The first kappa shape index (κ1) is 19.9. The molecule has 0 radical (unpaired) electrons. The van der Waals surface area contributed by atoms with Crippen LogP contribution >= 0.6 is 11.3 Å². The molecule has 1 saturated carbocycles. The zero-order chi connectivity index (χ0) is 21.4. The fourth-order valence-electron chi connectivity index (χ4n) is 4.04. The molecule has 0 unspecified atom stereocenters. The molecule has 9 heteroatoms. The number of pyridine rings is 1. The Morgan fingerprint density at radius 3 is 2.87 bits per heavy atom. The van der Waals surface area contributed by atoms with Gasteiger partial charge in [0.1, 0.15) is 5.82 Å². The summed E-state index contributed by atoms with van der Waals surface area (Å²) < 4.78 is 6.54. The van der Waals surface area contributed by atoms with Crippen LogP contribution in [0.3, 0.4) is 0 Å². The van der Waals surface area contributed by atoms with Gasteiger partial charge in [-0.25, -0.2) is 9.97 Å². The third kappa shape index (κ3) is 3.98.